The molecular weight excluding hydrogens is 318 g/mol. The van der Waals surface area contributed by atoms with Gasteiger partial charge in [-0.15, -0.1) is 10.2 Å². The molecule has 1 amide bonds. The van der Waals surface area contributed by atoms with E-state index in [1.807, 2.05) is 31.2 Å². The largest absolute Gasteiger partial charge is 0.484 e. The number of hydrogen-bond acceptors (Lipinski definition) is 7. The lowest BCUT2D eigenvalue weighted by Gasteiger charge is -2.03. The highest BCUT2D eigenvalue weighted by atomic mass is 32.2. The second-order valence-electron chi connectivity index (χ2n) is 4.70. The van der Waals surface area contributed by atoms with Crippen LogP contribution in [-0.2, 0) is 16.1 Å². The predicted molar refractivity (Wildman–Crippen MR) is 85.4 cm³/mol. The zero-order valence-electron chi connectivity index (χ0n) is 13.1. The lowest BCUT2D eigenvalue weighted by atomic mass is 10.2. The Balaban J connectivity index is 1.74. The number of nitrogens with zero attached hydrogens (tertiary/aromatic N) is 2. The number of benzene rings is 1. The van der Waals surface area contributed by atoms with Gasteiger partial charge in [0.25, 0.3) is 11.1 Å². The van der Waals surface area contributed by atoms with Gasteiger partial charge in [-0.05, 0) is 24.6 Å². The normalized spacial score (nSPS) is 10.5. The van der Waals surface area contributed by atoms with Crippen molar-refractivity contribution in [3.8, 4) is 5.75 Å². The molecule has 0 aliphatic heterocycles. The number of thioether (sulfide) groups is 1. The quantitative estimate of drug-likeness (QED) is 0.551. The summed E-state index contributed by atoms with van der Waals surface area (Å²) < 4.78 is 15.9. The molecule has 0 saturated carbocycles. The van der Waals surface area contributed by atoms with Gasteiger partial charge < -0.3 is 19.2 Å². The number of hydrogen-bond donors (Lipinski definition) is 1. The van der Waals surface area contributed by atoms with Crippen molar-refractivity contribution in [1.82, 2.24) is 15.5 Å². The fraction of sp³-hybridized carbons (Fsp3) is 0.400. The summed E-state index contributed by atoms with van der Waals surface area (Å²) in [7, 11) is 1.58. The Kier molecular flexibility index (Phi) is 6.89. The van der Waals surface area contributed by atoms with E-state index in [0.717, 1.165) is 11.3 Å². The molecule has 1 aromatic carbocycles. The van der Waals surface area contributed by atoms with Gasteiger partial charge in [0, 0.05) is 13.7 Å². The summed E-state index contributed by atoms with van der Waals surface area (Å²) in [6.07, 6.45) is 0. The van der Waals surface area contributed by atoms with Crippen LogP contribution >= 0.6 is 11.8 Å². The average Bonchev–Trinajstić information content (AvgIpc) is 2.99. The van der Waals surface area contributed by atoms with E-state index in [9.17, 15) is 4.79 Å². The van der Waals surface area contributed by atoms with Gasteiger partial charge in [-0.2, -0.15) is 0 Å². The molecule has 124 valence electrons. The Morgan fingerprint density at radius 3 is 3.04 bits per heavy atom. The van der Waals surface area contributed by atoms with E-state index in [4.69, 9.17) is 13.9 Å². The van der Waals surface area contributed by atoms with E-state index in [0.29, 0.717) is 24.3 Å². The topological polar surface area (TPSA) is 86.5 Å². The van der Waals surface area contributed by atoms with Crippen LogP contribution in [0.3, 0.4) is 0 Å². The molecule has 0 aliphatic carbocycles. The molecule has 0 bridgehead atoms. The minimum absolute atomic E-state index is 0.109. The van der Waals surface area contributed by atoms with E-state index >= 15 is 0 Å². The van der Waals surface area contributed by atoms with E-state index in [1.54, 1.807) is 7.11 Å². The van der Waals surface area contributed by atoms with Crippen molar-refractivity contribution in [2.75, 3.05) is 26.0 Å². The smallest absolute Gasteiger partial charge is 0.277 e. The number of aryl methyl sites for hydroxylation is 1. The molecule has 8 heteroatoms. The highest BCUT2D eigenvalue weighted by molar-refractivity contribution is 7.99. The summed E-state index contributed by atoms with van der Waals surface area (Å²) >= 11 is 1.18. The van der Waals surface area contributed by atoms with E-state index in [2.05, 4.69) is 15.5 Å². The molecule has 0 unspecified atom stereocenters. The monoisotopic (exact) mass is 337 g/mol. The maximum atomic E-state index is 11.5. The zero-order valence-corrected chi connectivity index (χ0v) is 13.9. The third-order valence-electron chi connectivity index (χ3n) is 2.76. The van der Waals surface area contributed by atoms with Crippen LogP contribution in [0.1, 0.15) is 11.5 Å². The molecule has 1 aromatic heterocycles. The number of aromatic nitrogens is 2. The number of ether oxygens (including phenoxy) is 2. The Bertz CT molecular complexity index is 633. The Hall–Kier alpha value is -2.06. The second kappa shape index (κ2) is 9.16. The fourth-order valence-electron chi connectivity index (χ4n) is 1.68. The molecule has 0 atom stereocenters. The van der Waals surface area contributed by atoms with Crippen LogP contribution in [0.25, 0.3) is 0 Å². The summed E-state index contributed by atoms with van der Waals surface area (Å²) in [5, 5.41) is 10.8. The van der Waals surface area contributed by atoms with Crippen LogP contribution in [0.5, 0.6) is 5.75 Å². The predicted octanol–water partition coefficient (Wildman–Crippen LogP) is 1.81. The van der Waals surface area contributed by atoms with E-state index in [-0.39, 0.29) is 18.3 Å². The summed E-state index contributed by atoms with van der Waals surface area (Å²) in [5.74, 6) is 1.22. The average molecular weight is 337 g/mol. The van der Waals surface area contributed by atoms with Gasteiger partial charge in [0.1, 0.15) is 5.75 Å². The van der Waals surface area contributed by atoms with Crippen molar-refractivity contribution in [1.29, 1.82) is 0 Å². The van der Waals surface area contributed by atoms with Crippen LogP contribution in [0.4, 0.5) is 0 Å². The molecule has 0 fully saturated rings. The maximum Gasteiger partial charge on any atom is 0.277 e. The van der Waals surface area contributed by atoms with Crippen molar-refractivity contribution in [2.24, 2.45) is 0 Å². The van der Waals surface area contributed by atoms with Gasteiger partial charge in [0.15, 0.2) is 6.61 Å². The summed E-state index contributed by atoms with van der Waals surface area (Å²) in [5.41, 5.74) is 1.11. The highest BCUT2D eigenvalue weighted by Gasteiger charge is 2.10. The molecule has 2 aromatic rings. The lowest BCUT2D eigenvalue weighted by molar-refractivity contribution is -0.118. The van der Waals surface area contributed by atoms with Crippen molar-refractivity contribution >= 4 is 17.7 Å². The van der Waals surface area contributed by atoms with Gasteiger partial charge in [-0.3, -0.25) is 4.79 Å². The maximum absolute atomic E-state index is 11.5. The van der Waals surface area contributed by atoms with Crippen molar-refractivity contribution in [3.63, 3.8) is 0 Å². The summed E-state index contributed by atoms with van der Waals surface area (Å²) in [6.45, 7) is 3.15. The number of amides is 1. The Labute approximate surface area is 138 Å². The first-order chi connectivity index (χ1) is 11.2. The van der Waals surface area contributed by atoms with E-state index < -0.39 is 0 Å². The highest BCUT2D eigenvalue weighted by Crippen LogP contribution is 2.18. The van der Waals surface area contributed by atoms with Crippen LogP contribution in [0.2, 0.25) is 0 Å². The van der Waals surface area contributed by atoms with Crippen molar-refractivity contribution in [3.05, 3.63) is 35.7 Å². The first kappa shape index (κ1) is 17.3. The van der Waals surface area contributed by atoms with Gasteiger partial charge in [0.05, 0.1) is 12.4 Å². The molecule has 0 saturated heterocycles. The number of methoxy groups -OCH3 is 1. The molecule has 0 aliphatic rings. The van der Waals surface area contributed by atoms with Gasteiger partial charge in [0.2, 0.25) is 5.91 Å². The van der Waals surface area contributed by atoms with Crippen LogP contribution in [0.15, 0.2) is 33.9 Å². The first-order valence-corrected chi connectivity index (χ1v) is 8.06. The fourth-order valence-corrected chi connectivity index (χ4v) is 2.29. The Morgan fingerprint density at radius 1 is 1.39 bits per heavy atom. The van der Waals surface area contributed by atoms with Crippen LogP contribution in [0, 0.1) is 6.92 Å². The van der Waals surface area contributed by atoms with E-state index in [1.165, 1.54) is 11.8 Å². The molecule has 23 heavy (non-hydrogen) atoms. The molecule has 1 N–H and O–H groups in total. The molecule has 0 radical (unpaired) electrons. The molecular formula is C15H19N3O4S. The van der Waals surface area contributed by atoms with Crippen molar-refractivity contribution < 1.29 is 18.7 Å². The van der Waals surface area contributed by atoms with Gasteiger partial charge in [-0.25, -0.2) is 0 Å². The lowest BCUT2D eigenvalue weighted by Crippen LogP contribution is -2.28. The van der Waals surface area contributed by atoms with Crippen LogP contribution in [-0.4, -0.2) is 42.1 Å². The molecule has 1 heterocycles. The second-order valence-corrected chi connectivity index (χ2v) is 5.62. The number of rotatable bonds is 9. The molecule has 7 nitrogen and oxygen atoms in total. The SMILES string of the molecule is COCCNC(=O)CSc1nnc(COc2cccc(C)c2)o1. The summed E-state index contributed by atoms with van der Waals surface area (Å²) in [4.78, 5) is 11.5. The first-order valence-electron chi connectivity index (χ1n) is 7.07. The number of carbonyl (C=O) groups is 1. The zero-order chi connectivity index (χ0) is 16.5. The van der Waals surface area contributed by atoms with Gasteiger partial charge >= 0.3 is 0 Å². The minimum atomic E-state index is -0.109. The summed E-state index contributed by atoms with van der Waals surface area (Å²) in [6, 6.07) is 7.70. The standard InChI is InChI=1S/C15H19N3O4S/c1-11-4-3-5-12(8-11)21-9-14-17-18-15(22-14)23-10-13(19)16-6-7-20-2/h3-5,8H,6-7,9-10H2,1-2H3,(H,16,19). The molecule has 2 rings (SSSR count). The van der Waals surface area contributed by atoms with Crippen molar-refractivity contribution in [2.45, 2.75) is 18.8 Å². The van der Waals surface area contributed by atoms with Gasteiger partial charge in [-0.1, -0.05) is 23.9 Å². The third kappa shape index (κ3) is 6.29. The van der Waals surface area contributed by atoms with Crippen LogP contribution < -0.4 is 10.1 Å². The number of nitrogens with one attached hydrogen (secondary N) is 1. The Morgan fingerprint density at radius 2 is 2.26 bits per heavy atom. The minimum Gasteiger partial charge on any atom is -0.484 e. The number of carbonyl (C=O) groups excluding carboxylic acids is 1. The molecule has 0 spiro atoms. The third-order valence-corrected chi connectivity index (χ3v) is 3.57.